The predicted molar refractivity (Wildman–Crippen MR) is 69.7 cm³/mol. The molecule has 1 aliphatic carbocycles. The maximum Gasteiger partial charge on any atom is 0.0107 e. The lowest BCUT2D eigenvalue weighted by atomic mass is 9.73. The van der Waals surface area contributed by atoms with Gasteiger partial charge in [0.15, 0.2) is 0 Å². The Hall–Kier alpha value is -0.0800. The Labute approximate surface area is 101 Å². The molecule has 2 rings (SSSR count). The Morgan fingerprint density at radius 2 is 1.75 bits per heavy atom. The average molecular weight is 224 g/mol. The molecule has 0 spiro atoms. The third-order valence-corrected chi connectivity index (χ3v) is 4.12. The molecule has 94 valence electrons. The van der Waals surface area contributed by atoms with Crippen LogP contribution in [-0.2, 0) is 0 Å². The molecule has 0 bridgehead atoms. The summed E-state index contributed by atoms with van der Waals surface area (Å²) in [7, 11) is 0. The summed E-state index contributed by atoms with van der Waals surface area (Å²) in [5, 5.41) is 3.61. The molecule has 1 heterocycles. The van der Waals surface area contributed by atoms with E-state index >= 15 is 0 Å². The zero-order chi connectivity index (χ0) is 11.4. The average Bonchev–Trinajstić information content (AvgIpc) is 2.99. The van der Waals surface area contributed by atoms with Crippen LogP contribution in [0.15, 0.2) is 0 Å². The predicted octanol–water partition coefficient (Wildman–Crippen LogP) is 2.64. The molecule has 1 aliphatic heterocycles. The highest BCUT2D eigenvalue weighted by molar-refractivity contribution is 4.94. The highest BCUT2D eigenvalue weighted by Gasteiger charge is 2.40. The molecule has 0 atom stereocenters. The largest absolute Gasteiger partial charge is 0.313 e. The smallest absolute Gasteiger partial charge is 0.0107 e. The van der Waals surface area contributed by atoms with E-state index in [1.165, 1.54) is 64.7 Å². The molecular weight excluding hydrogens is 196 g/mol. The van der Waals surface area contributed by atoms with Gasteiger partial charge in [-0.3, -0.25) is 0 Å². The van der Waals surface area contributed by atoms with Crippen molar-refractivity contribution >= 4 is 0 Å². The summed E-state index contributed by atoms with van der Waals surface area (Å²) in [5.74, 6) is 0. The molecule has 0 aromatic carbocycles. The summed E-state index contributed by atoms with van der Waals surface area (Å²) in [5.41, 5.74) is 0.698. The van der Waals surface area contributed by atoms with Gasteiger partial charge >= 0.3 is 0 Å². The van der Waals surface area contributed by atoms with Crippen LogP contribution in [0.3, 0.4) is 0 Å². The van der Waals surface area contributed by atoms with Gasteiger partial charge in [0.05, 0.1) is 0 Å². The first-order chi connectivity index (χ1) is 7.78. The summed E-state index contributed by atoms with van der Waals surface area (Å²) in [6.45, 7) is 9.86. The number of hydrogen-bond acceptors (Lipinski definition) is 2. The number of nitrogens with zero attached hydrogens (tertiary/aromatic N) is 1. The summed E-state index contributed by atoms with van der Waals surface area (Å²) in [4.78, 5) is 2.64. The molecule has 0 aromatic rings. The summed E-state index contributed by atoms with van der Waals surface area (Å²) >= 11 is 0. The summed E-state index contributed by atoms with van der Waals surface area (Å²) in [6.07, 6.45) is 8.41. The van der Waals surface area contributed by atoms with E-state index in [1.54, 1.807) is 0 Å². The second-order valence-corrected chi connectivity index (χ2v) is 5.94. The Kier molecular flexibility index (Phi) is 4.26. The van der Waals surface area contributed by atoms with Crippen LogP contribution in [0, 0.1) is 5.41 Å². The Bertz CT molecular complexity index is 197. The van der Waals surface area contributed by atoms with Crippen LogP contribution in [-0.4, -0.2) is 37.1 Å². The third-order valence-electron chi connectivity index (χ3n) is 4.12. The molecular formula is C14H28N2. The quantitative estimate of drug-likeness (QED) is 0.682. The van der Waals surface area contributed by atoms with Crippen LogP contribution in [0.2, 0.25) is 0 Å². The van der Waals surface area contributed by atoms with E-state index in [0.29, 0.717) is 5.41 Å². The standard InChI is InChI=1S/C14H28N2/c1-3-7-14(8-4-2)11-16(12-14)10-9-15-13-5-6-13/h13,15H,3-12H2,1-2H3. The van der Waals surface area contributed by atoms with E-state index in [4.69, 9.17) is 0 Å². The van der Waals surface area contributed by atoms with E-state index in [1.807, 2.05) is 0 Å². The van der Waals surface area contributed by atoms with Crippen molar-refractivity contribution in [1.29, 1.82) is 0 Å². The first-order valence-electron chi connectivity index (χ1n) is 7.24. The van der Waals surface area contributed by atoms with Gasteiger partial charge < -0.3 is 10.2 Å². The second kappa shape index (κ2) is 5.50. The molecule has 2 heteroatoms. The maximum atomic E-state index is 3.61. The number of likely N-dealkylation sites (tertiary alicyclic amines) is 1. The lowest BCUT2D eigenvalue weighted by molar-refractivity contribution is -0.0133. The van der Waals surface area contributed by atoms with Crippen LogP contribution in [0.5, 0.6) is 0 Å². The van der Waals surface area contributed by atoms with Gasteiger partial charge in [-0.15, -0.1) is 0 Å². The SMILES string of the molecule is CCCC1(CCC)CN(CCNC2CC2)C1. The van der Waals surface area contributed by atoms with Gasteiger partial charge in [-0.25, -0.2) is 0 Å². The lowest BCUT2D eigenvalue weighted by Crippen LogP contribution is -2.57. The molecule has 1 saturated carbocycles. The molecule has 1 N–H and O–H groups in total. The van der Waals surface area contributed by atoms with Crippen LogP contribution >= 0.6 is 0 Å². The van der Waals surface area contributed by atoms with Crippen molar-refractivity contribution in [2.24, 2.45) is 5.41 Å². The normalized spacial score (nSPS) is 24.4. The molecule has 0 amide bonds. The Morgan fingerprint density at radius 3 is 2.25 bits per heavy atom. The number of rotatable bonds is 8. The molecule has 0 unspecified atom stereocenters. The molecule has 2 aliphatic rings. The molecule has 0 radical (unpaired) electrons. The van der Waals surface area contributed by atoms with E-state index in [-0.39, 0.29) is 0 Å². The molecule has 16 heavy (non-hydrogen) atoms. The number of nitrogens with one attached hydrogen (secondary N) is 1. The maximum absolute atomic E-state index is 3.61. The van der Waals surface area contributed by atoms with Crippen molar-refractivity contribution in [2.75, 3.05) is 26.2 Å². The van der Waals surface area contributed by atoms with Crippen LogP contribution in [0.4, 0.5) is 0 Å². The van der Waals surface area contributed by atoms with Gasteiger partial charge in [-0.05, 0) is 31.1 Å². The van der Waals surface area contributed by atoms with Crippen molar-refractivity contribution < 1.29 is 0 Å². The van der Waals surface area contributed by atoms with Gasteiger partial charge in [0.2, 0.25) is 0 Å². The fourth-order valence-electron chi connectivity index (χ4n) is 3.28. The van der Waals surface area contributed by atoms with Crippen molar-refractivity contribution in [3.8, 4) is 0 Å². The molecule has 0 aromatic heterocycles. The first-order valence-corrected chi connectivity index (χ1v) is 7.24. The minimum Gasteiger partial charge on any atom is -0.313 e. The second-order valence-electron chi connectivity index (χ2n) is 5.94. The van der Waals surface area contributed by atoms with Gasteiger partial charge in [0.1, 0.15) is 0 Å². The Morgan fingerprint density at radius 1 is 1.12 bits per heavy atom. The minimum absolute atomic E-state index is 0.698. The monoisotopic (exact) mass is 224 g/mol. The molecule has 2 fully saturated rings. The summed E-state index contributed by atoms with van der Waals surface area (Å²) < 4.78 is 0. The topological polar surface area (TPSA) is 15.3 Å². The van der Waals surface area contributed by atoms with E-state index in [9.17, 15) is 0 Å². The lowest BCUT2D eigenvalue weighted by Gasteiger charge is -2.51. The van der Waals surface area contributed by atoms with Crippen molar-refractivity contribution in [3.63, 3.8) is 0 Å². The van der Waals surface area contributed by atoms with Gasteiger partial charge in [-0.2, -0.15) is 0 Å². The van der Waals surface area contributed by atoms with Crippen molar-refractivity contribution in [1.82, 2.24) is 10.2 Å². The summed E-state index contributed by atoms with van der Waals surface area (Å²) in [6, 6.07) is 0.873. The molecule has 2 nitrogen and oxygen atoms in total. The highest BCUT2D eigenvalue weighted by atomic mass is 15.2. The fraction of sp³-hybridized carbons (Fsp3) is 1.00. The van der Waals surface area contributed by atoms with Gasteiger partial charge in [-0.1, -0.05) is 26.7 Å². The van der Waals surface area contributed by atoms with E-state index in [2.05, 4.69) is 24.1 Å². The zero-order valence-corrected chi connectivity index (χ0v) is 11.1. The highest BCUT2D eigenvalue weighted by Crippen LogP contribution is 2.39. The minimum atomic E-state index is 0.698. The number of hydrogen-bond donors (Lipinski definition) is 1. The van der Waals surface area contributed by atoms with Gasteiger partial charge in [0.25, 0.3) is 0 Å². The van der Waals surface area contributed by atoms with Crippen molar-refractivity contribution in [3.05, 3.63) is 0 Å². The zero-order valence-electron chi connectivity index (χ0n) is 11.1. The fourth-order valence-corrected chi connectivity index (χ4v) is 3.28. The van der Waals surface area contributed by atoms with Crippen LogP contribution in [0.25, 0.3) is 0 Å². The van der Waals surface area contributed by atoms with Crippen molar-refractivity contribution in [2.45, 2.75) is 58.4 Å². The van der Waals surface area contributed by atoms with Gasteiger partial charge in [0, 0.05) is 32.2 Å². The van der Waals surface area contributed by atoms with Crippen LogP contribution in [0.1, 0.15) is 52.4 Å². The third kappa shape index (κ3) is 3.21. The molecule has 1 saturated heterocycles. The Balaban J connectivity index is 1.60. The van der Waals surface area contributed by atoms with Crippen LogP contribution < -0.4 is 5.32 Å². The first kappa shape index (κ1) is 12.4. The van der Waals surface area contributed by atoms with E-state index < -0.39 is 0 Å². The van der Waals surface area contributed by atoms with E-state index in [0.717, 1.165) is 6.04 Å².